The van der Waals surface area contributed by atoms with Crippen molar-refractivity contribution in [2.75, 3.05) is 7.11 Å². The van der Waals surface area contributed by atoms with Gasteiger partial charge in [-0.15, -0.1) is 0 Å². The molecule has 4 rings (SSSR count). The van der Waals surface area contributed by atoms with E-state index in [2.05, 4.69) is 15.9 Å². The van der Waals surface area contributed by atoms with Crippen molar-refractivity contribution in [2.24, 2.45) is 0 Å². The quantitative estimate of drug-likeness (QED) is 0.232. The maximum absolute atomic E-state index is 13.7. The van der Waals surface area contributed by atoms with Crippen LogP contribution in [0.2, 0.25) is 0 Å². The average Bonchev–Trinajstić information content (AvgIpc) is 2.77. The Hall–Kier alpha value is -2.86. The predicted molar refractivity (Wildman–Crippen MR) is 130 cm³/mol. The molecule has 2 aromatic carbocycles. The molecule has 1 unspecified atom stereocenters. The van der Waals surface area contributed by atoms with Crippen molar-refractivity contribution in [2.45, 2.75) is 44.0 Å². The molecule has 1 atom stereocenters. The summed E-state index contributed by atoms with van der Waals surface area (Å²) in [5.41, 5.74) is 1.37. The number of Topliss-reactive ketones (excluding diaryl/α,β-unsaturated/α-hetero) is 1. The van der Waals surface area contributed by atoms with Gasteiger partial charge in [-0.1, -0.05) is 53.2 Å². The van der Waals surface area contributed by atoms with Crippen molar-refractivity contribution >= 4 is 38.8 Å². The van der Waals surface area contributed by atoms with Crippen molar-refractivity contribution in [3.05, 3.63) is 64.0 Å². The highest BCUT2D eigenvalue weighted by Crippen LogP contribution is 2.49. The minimum Gasteiger partial charge on any atom is -0.495 e. The van der Waals surface area contributed by atoms with Crippen LogP contribution in [0.25, 0.3) is 28.2 Å². The first-order chi connectivity index (χ1) is 15.1. The van der Waals surface area contributed by atoms with Crippen LogP contribution in [0.15, 0.2) is 51.7 Å². The number of hydrogen-bond acceptors (Lipinski definition) is 5. The summed E-state index contributed by atoms with van der Waals surface area (Å²) in [4.78, 5) is 26.4. The van der Waals surface area contributed by atoms with E-state index in [0.717, 1.165) is 5.56 Å². The molecule has 0 saturated carbocycles. The monoisotopic (exact) mass is 496 g/mol. The molecule has 1 aliphatic heterocycles. The summed E-state index contributed by atoms with van der Waals surface area (Å²) in [6.07, 6.45) is 4.37. The fraction of sp³-hybridized carbons (Fsp3) is 0.308. The third kappa shape index (κ3) is 3.66. The lowest BCUT2D eigenvalue weighted by atomic mass is 9.88. The molecule has 32 heavy (non-hydrogen) atoms. The van der Waals surface area contributed by atoms with E-state index in [1.165, 1.54) is 13.2 Å². The van der Waals surface area contributed by atoms with E-state index >= 15 is 0 Å². The molecule has 3 aromatic rings. The smallest absolute Gasteiger partial charge is 0.336 e. The number of fused-ring (bicyclic) bond motifs is 3. The van der Waals surface area contributed by atoms with Gasteiger partial charge in [0.1, 0.15) is 22.7 Å². The van der Waals surface area contributed by atoms with E-state index in [4.69, 9.17) is 13.9 Å². The Labute approximate surface area is 195 Å². The van der Waals surface area contributed by atoms with Gasteiger partial charge in [-0.2, -0.15) is 0 Å². The molecular formula is C26H25BrO5. The largest absolute Gasteiger partial charge is 0.495 e. The zero-order valence-electron chi connectivity index (χ0n) is 18.7. The van der Waals surface area contributed by atoms with Gasteiger partial charge in [-0.3, -0.25) is 4.79 Å². The van der Waals surface area contributed by atoms with Crippen molar-refractivity contribution in [1.29, 1.82) is 0 Å². The van der Waals surface area contributed by atoms with Crippen LogP contribution in [-0.4, -0.2) is 22.8 Å². The summed E-state index contributed by atoms with van der Waals surface area (Å²) in [6.45, 7) is 7.60. The molecular weight excluding hydrogens is 472 g/mol. The predicted octanol–water partition coefficient (Wildman–Crippen LogP) is 6.40. The minimum atomic E-state index is -0.860. The van der Waals surface area contributed by atoms with Crippen molar-refractivity contribution in [3.8, 4) is 22.6 Å². The van der Waals surface area contributed by atoms with E-state index in [9.17, 15) is 9.59 Å². The molecule has 0 radical (unpaired) electrons. The highest BCUT2D eigenvalue weighted by molar-refractivity contribution is 9.10. The topological polar surface area (TPSA) is 65.7 Å². The highest BCUT2D eigenvalue weighted by Gasteiger charge is 2.38. The second kappa shape index (κ2) is 7.93. The number of ether oxygens (including phenoxy) is 2. The summed E-state index contributed by atoms with van der Waals surface area (Å²) in [5, 5.41) is 0.576. The first kappa shape index (κ1) is 22.3. The van der Waals surface area contributed by atoms with Gasteiger partial charge in [0.2, 0.25) is 0 Å². The number of benzene rings is 2. The number of halogens is 1. The van der Waals surface area contributed by atoms with E-state index in [1.807, 2.05) is 63.3 Å². The second-order valence-corrected chi connectivity index (χ2v) is 10.4. The standard InChI is InChI=1S/C26H25BrO5/c1-6-26(4,27)24(29)20-21(30-5)16-12-13-25(2,3)32-22(16)19-17(14-18(28)31-23(19)20)15-10-8-7-9-11-15/h7-14H,6H2,1-5H3. The molecule has 2 heterocycles. The van der Waals surface area contributed by atoms with Crippen LogP contribution in [0.3, 0.4) is 0 Å². The van der Waals surface area contributed by atoms with Gasteiger partial charge in [0.15, 0.2) is 11.4 Å². The van der Waals surface area contributed by atoms with Crippen LogP contribution < -0.4 is 15.1 Å². The Kier molecular flexibility index (Phi) is 5.53. The molecule has 0 fully saturated rings. The SMILES string of the molecule is CCC(C)(Br)C(=O)c1c(OC)c2c(c3c(-c4ccccc4)cc(=O)oc13)OC(C)(C)C=C2. The Morgan fingerprint density at radius 3 is 2.53 bits per heavy atom. The van der Waals surface area contributed by atoms with E-state index < -0.39 is 15.6 Å². The lowest BCUT2D eigenvalue weighted by Crippen LogP contribution is -2.30. The zero-order chi connectivity index (χ0) is 23.3. The maximum Gasteiger partial charge on any atom is 0.336 e. The van der Waals surface area contributed by atoms with Crippen LogP contribution in [0.5, 0.6) is 11.5 Å². The van der Waals surface area contributed by atoms with Gasteiger partial charge >= 0.3 is 5.63 Å². The normalized spacial score (nSPS) is 16.2. The summed E-state index contributed by atoms with van der Waals surface area (Å²) in [5.74, 6) is 0.629. The van der Waals surface area contributed by atoms with Crippen LogP contribution in [-0.2, 0) is 0 Å². The van der Waals surface area contributed by atoms with E-state index in [0.29, 0.717) is 34.4 Å². The van der Waals surface area contributed by atoms with Gasteiger partial charge in [-0.05, 0) is 44.9 Å². The third-order valence-electron chi connectivity index (χ3n) is 5.80. The molecule has 0 bridgehead atoms. The number of rotatable bonds is 5. The average molecular weight is 497 g/mol. The Balaban J connectivity index is 2.24. The van der Waals surface area contributed by atoms with Gasteiger partial charge in [0, 0.05) is 11.6 Å². The third-order valence-corrected chi connectivity index (χ3v) is 6.72. The molecule has 6 heteroatoms. The molecule has 0 N–H and O–H groups in total. The number of alkyl halides is 1. The summed E-state index contributed by atoms with van der Waals surface area (Å²) in [6, 6.07) is 11.0. The summed E-state index contributed by atoms with van der Waals surface area (Å²) in [7, 11) is 1.50. The molecule has 0 aliphatic carbocycles. The number of ketones is 1. The molecule has 1 aromatic heterocycles. The number of carbonyl (C=O) groups is 1. The first-order valence-corrected chi connectivity index (χ1v) is 11.3. The first-order valence-electron chi connectivity index (χ1n) is 10.5. The Bertz CT molecular complexity index is 1300. The second-order valence-electron chi connectivity index (χ2n) is 8.62. The number of hydrogen-bond donors (Lipinski definition) is 0. The number of carbonyl (C=O) groups excluding carboxylic acids is 1. The van der Waals surface area contributed by atoms with Gasteiger partial charge in [0.05, 0.1) is 22.4 Å². The molecule has 1 aliphatic rings. The lowest BCUT2D eigenvalue weighted by Gasteiger charge is -2.31. The molecule has 0 spiro atoms. The van der Waals surface area contributed by atoms with Crippen LogP contribution in [0.1, 0.15) is 50.0 Å². The van der Waals surface area contributed by atoms with Gasteiger partial charge in [-0.25, -0.2) is 4.79 Å². The van der Waals surface area contributed by atoms with Gasteiger partial charge in [0.25, 0.3) is 0 Å². The Morgan fingerprint density at radius 2 is 1.91 bits per heavy atom. The van der Waals surface area contributed by atoms with Crippen molar-refractivity contribution in [1.82, 2.24) is 0 Å². The molecule has 0 amide bonds. The lowest BCUT2D eigenvalue weighted by molar-refractivity contribution is 0.0949. The Morgan fingerprint density at radius 1 is 1.22 bits per heavy atom. The van der Waals surface area contributed by atoms with Crippen molar-refractivity contribution in [3.63, 3.8) is 0 Å². The van der Waals surface area contributed by atoms with Crippen LogP contribution >= 0.6 is 15.9 Å². The van der Waals surface area contributed by atoms with E-state index in [1.54, 1.807) is 6.92 Å². The van der Waals surface area contributed by atoms with Crippen LogP contribution in [0, 0.1) is 0 Å². The van der Waals surface area contributed by atoms with Crippen LogP contribution in [0.4, 0.5) is 0 Å². The zero-order valence-corrected chi connectivity index (χ0v) is 20.3. The summed E-state index contributed by atoms with van der Waals surface area (Å²) < 4.78 is 17.0. The number of methoxy groups -OCH3 is 1. The molecule has 0 saturated heterocycles. The molecule has 166 valence electrons. The van der Waals surface area contributed by atoms with E-state index in [-0.39, 0.29) is 16.9 Å². The molecule has 5 nitrogen and oxygen atoms in total. The van der Waals surface area contributed by atoms with Gasteiger partial charge < -0.3 is 13.9 Å². The summed E-state index contributed by atoms with van der Waals surface area (Å²) >= 11 is 3.55. The highest BCUT2D eigenvalue weighted by atomic mass is 79.9. The fourth-order valence-corrected chi connectivity index (χ4v) is 4.09. The fourth-order valence-electron chi connectivity index (χ4n) is 3.89. The minimum absolute atomic E-state index is 0.169. The van der Waals surface area contributed by atoms with Crippen molar-refractivity contribution < 1.29 is 18.7 Å². The maximum atomic E-state index is 13.7.